The second-order valence-corrected chi connectivity index (χ2v) is 8.29. The zero-order valence-corrected chi connectivity index (χ0v) is 16.2. The molecule has 3 aliphatic rings. The highest BCUT2D eigenvalue weighted by Crippen LogP contribution is 2.48. The minimum absolute atomic E-state index is 0.0288. The molecule has 2 fully saturated rings. The van der Waals surface area contributed by atoms with Gasteiger partial charge in [0.05, 0.1) is 12.5 Å². The summed E-state index contributed by atoms with van der Waals surface area (Å²) < 4.78 is 34.0. The summed E-state index contributed by atoms with van der Waals surface area (Å²) in [5.74, 6) is -2.20. The number of piperidine rings is 1. The lowest BCUT2D eigenvalue weighted by molar-refractivity contribution is -0.157. The summed E-state index contributed by atoms with van der Waals surface area (Å²) >= 11 is 0. The Morgan fingerprint density at radius 3 is 2.69 bits per heavy atom. The molecule has 5 rings (SSSR count). The number of halogens is 2. The van der Waals surface area contributed by atoms with Gasteiger partial charge in [-0.1, -0.05) is 30.3 Å². The lowest BCUT2D eigenvalue weighted by Crippen LogP contribution is -2.55. The first-order valence-corrected chi connectivity index (χ1v) is 10.3. The summed E-state index contributed by atoms with van der Waals surface area (Å²) in [6, 6.07) is 12.7. The lowest BCUT2D eigenvalue weighted by atomic mass is 9.75. The van der Waals surface area contributed by atoms with Crippen molar-refractivity contribution in [2.75, 3.05) is 13.1 Å². The van der Waals surface area contributed by atoms with Gasteiger partial charge in [0.1, 0.15) is 5.60 Å². The van der Waals surface area contributed by atoms with Crippen LogP contribution in [0.15, 0.2) is 42.5 Å². The molecule has 152 valence electrons. The normalized spacial score (nSPS) is 25.8. The maximum Gasteiger partial charge on any atom is 0.230 e. The number of nitrogens with one attached hydrogen (secondary N) is 1. The molecule has 2 aliphatic heterocycles. The maximum absolute atomic E-state index is 14.1. The Morgan fingerprint density at radius 1 is 1.17 bits per heavy atom. The summed E-state index contributed by atoms with van der Waals surface area (Å²) in [6.45, 7) is 1.90. The first-order chi connectivity index (χ1) is 14.1. The van der Waals surface area contributed by atoms with E-state index in [9.17, 15) is 13.6 Å². The maximum atomic E-state index is 14.1. The first-order valence-electron chi connectivity index (χ1n) is 10.3. The molecule has 1 saturated carbocycles. The van der Waals surface area contributed by atoms with Crippen molar-refractivity contribution in [3.05, 3.63) is 70.8 Å². The highest BCUT2D eigenvalue weighted by atomic mass is 19.2. The summed E-state index contributed by atoms with van der Waals surface area (Å²) in [6.07, 6.45) is 2.57. The van der Waals surface area contributed by atoms with Crippen molar-refractivity contribution in [2.45, 2.75) is 44.1 Å². The van der Waals surface area contributed by atoms with E-state index in [1.807, 2.05) is 35.2 Å². The standard InChI is InChI=1S/C23H24F2N2O2/c24-20-10-16-14-29-23(18(16)11-21(20)25)8-9-26-12-19(23)22(28)27(17-6-7-17)13-15-4-2-1-3-5-15/h1-5,10-11,17,19,26H,6-9,12-14H2. The summed E-state index contributed by atoms with van der Waals surface area (Å²) in [5, 5.41) is 3.31. The average molecular weight is 398 g/mol. The highest BCUT2D eigenvalue weighted by Gasteiger charge is 2.53. The molecule has 2 heterocycles. The molecular formula is C23H24F2N2O2. The zero-order chi connectivity index (χ0) is 20.0. The summed E-state index contributed by atoms with van der Waals surface area (Å²) in [5.41, 5.74) is 1.47. The number of hydrogen-bond donors (Lipinski definition) is 1. The van der Waals surface area contributed by atoms with Gasteiger partial charge in [-0.15, -0.1) is 0 Å². The number of amides is 1. The van der Waals surface area contributed by atoms with Crippen LogP contribution in [-0.2, 0) is 28.3 Å². The Balaban J connectivity index is 1.49. The fraction of sp³-hybridized carbons (Fsp3) is 0.435. The van der Waals surface area contributed by atoms with Gasteiger partial charge in [-0.2, -0.15) is 0 Å². The van der Waals surface area contributed by atoms with Gasteiger partial charge in [0, 0.05) is 19.1 Å². The minimum Gasteiger partial charge on any atom is -0.365 e. The monoisotopic (exact) mass is 398 g/mol. The molecule has 0 aromatic heterocycles. The third-order valence-electron chi connectivity index (χ3n) is 6.44. The Bertz CT molecular complexity index is 932. The van der Waals surface area contributed by atoms with E-state index < -0.39 is 23.2 Å². The van der Waals surface area contributed by atoms with E-state index in [1.54, 1.807) is 0 Å². The van der Waals surface area contributed by atoms with Crippen LogP contribution in [0.3, 0.4) is 0 Å². The number of ether oxygens (including phenoxy) is 1. The van der Waals surface area contributed by atoms with Crippen molar-refractivity contribution in [3.8, 4) is 0 Å². The molecule has 2 aromatic rings. The second kappa shape index (κ2) is 7.18. The Labute approximate surface area is 168 Å². The van der Waals surface area contributed by atoms with Crippen molar-refractivity contribution in [2.24, 2.45) is 5.92 Å². The zero-order valence-electron chi connectivity index (χ0n) is 16.2. The number of rotatable bonds is 4. The molecule has 1 spiro atoms. The van der Waals surface area contributed by atoms with Crippen LogP contribution >= 0.6 is 0 Å². The van der Waals surface area contributed by atoms with Crippen molar-refractivity contribution in [1.29, 1.82) is 0 Å². The van der Waals surface area contributed by atoms with Crippen LogP contribution in [0.4, 0.5) is 8.78 Å². The number of benzene rings is 2. The number of carbonyl (C=O) groups is 1. The molecule has 4 nitrogen and oxygen atoms in total. The van der Waals surface area contributed by atoms with Crippen molar-refractivity contribution in [3.63, 3.8) is 0 Å². The first kappa shape index (κ1) is 18.7. The molecule has 6 heteroatoms. The quantitative estimate of drug-likeness (QED) is 0.857. The van der Waals surface area contributed by atoms with Crippen LogP contribution in [-0.4, -0.2) is 29.9 Å². The average Bonchev–Trinajstić information content (AvgIpc) is 3.53. The van der Waals surface area contributed by atoms with Crippen LogP contribution in [0.1, 0.15) is 36.0 Å². The molecule has 2 atom stereocenters. The molecule has 1 N–H and O–H groups in total. The van der Waals surface area contributed by atoms with Crippen LogP contribution in [0.5, 0.6) is 0 Å². The molecule has 2 unspecified atom stereocenters. The van der Waals surface area contributed by atoms with E-state index >= 15 is 0 Å². The molecule has 1 aliphatic carbocycles. The number of fused-ring (bicyclic) bond motifs is 2. The van der Waals surface area contributed by atoms with E-state index in [0.29, 0.717) is 37.2 Å². The van der Waals surface area contributed by atoms with E-state index in [4.69, 9.17) is 4.74 Å². The van der Waals surface area contributed by atoms with Crippen LogP contribution in [0.25, 0.3) is 0 Å². The van der Waals surface area contributed by atoms with E-state index in [-0.39, 0.29) is 18.6 Å². The molecule has 1 amide bonds. The number of nitrogens with zero attached hydrogens (tertiary/aromatic N) is 1. The lowest BCUT2D eigenvalue weighted by Gasteiger charge is -2.42. The topological polar surface area (TPSA) is 41.6 Å². The minimum atomic E-state index is -0.893. The summed E-state index contributed by atoms with van der Waals surface area (Å²) in [7, 11) is 0. The van der Waals surface area contributed by atoms with Gasteiger partial charge in [0.15, 0.2) is 11.6 Å². The SMILES string of the molecule is O=C(C1CNCCC12OCc1cc(F)c(F)cc12)N(Cc1ccccc1)C1CC1. The van der Waals surface area contributed by atoms with Gasteiger partial charge >= 0.3 is 0 Å². The van der Waals surface area contributed by atoms with Gasteiger partial charge < -0.3 is 15.0 Å². The molecule has 2 aromatic carbocycles. The smallest absolute Gasteiger partial charge is 0.230 e. The van der Waals surface area contributed by atoms with E-state index in [1.165, 1.54) is 12.1 Å². The van der Waals surface area contributed by atoms with Crippen LogP contribution in [0, 0.1) is 17.6 Å². The molecule has 0 bridgehead atoms. The van der Waals surface area contributed by atoms with Gasteiger partial charge in [-0.05, 0) is 54.6 Å². The molecule has 1 saturated heterocycles. The van der Waals surface area contributed by atoms with Gasteiger partial charge in [0.2, 0.25) is 5.91 Å². The third-order valence-corrected chi connectivity index (χ3v) is 6.44. The Hall–Kier alpha value is -2.31. The predicted octanol–water partition coefficient (Wildman–Crippen LogP) is 3.49. The Kier molecular flexibility index (Phi) is 4.63. The second-order valence-electron chi connectivity index (χ2n) is 8.29. The van der Waals surface area contributed by atoms with Crippen molar-refractivity contribution in [1.82, 2.24) is 10.2 Å². The van der Waals surface area contributed by atoms with E-state index in [0.717, 1.165) is 18.4 Å². The third kappa shape index (κ3) is 3.24. The Morgan fingerprint density at radius 2 is 1.93 bits per heavy atom. The van der Waals surface area contributed by atoms with Gasteiger partial charge in [0.25, 0.3) is 0 Å². The number of carbonyl (C=O) groups excluding carboxylic acids is 1. The van der Waals surface area contributed by atoms with E-state index in [2.05, 4.69) is 5.32 Å². The van der Waals surface area contributed by atoms with Gasteiger partial charge in [-0.3, -0.25) is 4.79 Å². The van der Waals surface area contributed by atoms with Crippen LogP contribution in [0.2, 0.25) is 0 Å². The number of hydrogen-bond acceptors (Lipinski definition) is 3. The summed E-state index contributed by atoms with van der Waals surface area (Å²) in [4.78, 5) is 15.7. The van der Waals surface area contributed by atoms with Gasteiger partial charge in [-0.25, -0.2) is 8.78 Å². The fourth-order valence-corrected chi connectivity index (χ4v) is 4.78. The van der Waals surface area contributed by atoms with Crippen molar-refractivity contribution >= 4 is 5.91 Å². The molecule has 29 heavy (non-hydrogen) atoms. The predicted molar refractivity (Wildman–Crippen MR) is 104 cm³/mol. The van der Waals surface area contributed by atoms with Crippen molar-refractivity contribution < 1.29 is 18.3 Å². The fourth-order valence-electron chi connectivity index (χ4n) is 4.78. The highest BCUT2D eigenvalue weighted by molar-refractivity contribution is 5.82. The van der Waals surface area contributed by atoms with Crippen LogP contribution < -0.4 is 5.32 Å². The largest absolute Gasteiger partial charge is 0.365 e. The molecular weight excluding hydrogens is 374 g/mol. The molecule has 0 radical (unpaired) electrons.